The molecule has 0 saturated heterocycles. The summed E-state index contributed by atoms with van der Waals surface area (Å²) in [7, 11) is 0. The van der Waals surface area contributed by atoms with Crippen molar-refractivity contribution in [3.8, 4) is 0 Å². The van der Waals surface area contributed by atoms with E-state index in [1.807, 2.05) is 6.92 Å². The third-order valence-corrected chi connectivity index (χ3v) is 15.6. The zero-order chi connectivity index (χ0) is 35.1. The number of carbonyl (C=O) groups excluding carboxylic acids is 1. The van der Waals surface area contributed by atoms with E-state index in [0.717, 1.165) is 81.9 Å². The van der Waals surface area contributed by atoms with Gasteiger partial charge in [-0.2, -0.15) is 0 Å². The van der Waals surface area contributed by atoms with Gasteiger partial charge in [0, 0.05) is 5.41 Å². The fourth-order valence-corrected chi connectivity index (χ4v) is 12.3. The second kappa shape index (κ2) is 11.8. The highest BCUT2D eigenvalue weighted by Gasteiger charge is 2.69. The molecule has 5 heteroatoms. The summed E-state index contributed by atoms with van der Waals surface area (Å²) in [5.74, 6) is 0.463. The third-order valence-electron chi connectivity index (χ3n) is 15.6. The number of fused-ring (bicyclic) bond motifs is 7. The summed E-state index contributed by atoms with van der Waals surface area (Å²) in [6, 6.07) is 8.36. The van der Waals surface area contributed by atoms with Gasteiger partial charge in [0.1, 0.15) is 0 Å². The largest absolute Gasteiger partial charge is 0.481 e. The van der Waals surface area contributed by atoms with E-state index < -0.39 is 11.4 Å². The quantitative estimate of drug-likeness (QED) is 0.188. The van der Waals surface area contributed by atoms with Crippen molar-refractivity contribution >= 4 is 17.7 Å². The van der Waals surface area contributed by atoms with Gasteiger partial charge in [-0.05, 0) is 134 Å². The maximum absolute atomic E-state index is 13.2. The molecule has 1 unspecified atom stereocenters. The Labute approximate surface area is 290 Å². The van der Waals surface area contributed by atoms with Gasteiger partial charge >= 0.3 is 11.9 Å². The lowest BCUT2D eigenvalue weighted by Gasteiger charge is -2.70. The lowest BCUT2D eigenvalue weighted by Crippen LogP contribution is -2.64. The zero-order valence-corrected chi connectivity index (χ0v) is 31.7. The van der Waals surface area contributed by atoms with Crippen LogP contribution in [0.5, 0.6) is 0 Å². The Morgan fingerprint density at radius 1 is 0.896 bits per heavy atom. The topological polar surface area (TPSA) is 76.0 Å². The molecule has 1 N–H and O–H groups in total. The van der Waals surface area contributed by atoms with Gasteiger partial charge < -0.3 is 9.94 Å². The van der Waals surface area contributed by atoms with Crippen LogP contribution < -0.4 is 0 Å². The van der Waals surface area contributed by atoms with Crippen LogP contribution in [0.15, 0.2) is 41.1 Å². The number of aliphatic carboxylic acids is 1. The van der Waals surface area contributed by atoms with E-state index in [0.29, 0.717) is 17.8 Å². The van der Waals surface area contributed by atoms with Crippen molar-refractivity contribution in [2.24, 2.45) is 61.3 Å². The van der Waals surface area contributed by atoms with E-state index in [1.165, 1.54) is 11.1 Å². The SMILES string of the molecule is CC(C)Cc1ccc(C(C)C(=O)O/N=C2\CC[C@]3(C)[C@H]4CC=C5[C@@H]6CC(C)(C)CC[C@]6(C(=O)O)CC[C@@]5(C)[C@]4(C)CC[C@H]3C2(C)C)cc1. The van der Waals surface area contributed by atoms with Gasteiger partial charge in [0.2, 0.25) is 0 Å². The first-order valence-electron chi connectivity index (χ1n) is 19.1. The number of hydrogen-bond donors (Lipinski definition) is 1. The second-order valence-corrected chi connectivity index (χ2v) is 19.4. The molecule has 0 amide bonds. The number of rotatable bonds is 6. The molecule has 8 atom stereocenters. The average Bonchev–Trinajstić information content (AvgIpc) is 3.00. The number of allylic oxidation sites excluding steroid dienone is 2. The molecule has 5 aliphatic carbocycles. The van der Waals surface area contributed by atoms with E-state index in [9.17, 15) is 14.7 Å². The molecule has 48 heavy (non-hydrogen) atoms. The zero-order valence-electron chi connectivity index (χ0n) is 31.7. The Balaban J connectivity index is 1.23. The van der Waals surface area contributed by atoms with Crippen LogP contribution in [-0.2, 0) is 20.8 Å². The minimum atomic E-state index is -0.602. The molecule has 1 aromatic rings. The van der Waals surface area contributed by atoms with Crippen LogP contribution in [-0.4, -0.2) is 22.8 Å². The molecule has 4 saturated carbocycles. The summed E-state index contributed by atoms with van der Waals surface area (Å²) in [6.45, 7) is 23.3. The molecule has 0 radical (unpaired) electrons. The molecule has 1 aromatic carbocycles. The predicted octanol–water partition coefficient (Wildman–Crippen LogP) is 10.8. The Bertz CT molecular complexity index is 1500. The molecule has 0 aliphatic heterocycles. The van der Waals surface area contributed by atoms with E-state index >= 15 is 0 Å². The molecule has 5 nitrogen and oxygen atoms in total. The number of carboxylic acid groups (broad SMARTS) is 1. The number of oxime groups is 1. The Morgan fingerprint density at radius 2 is 1.56 bits per heavy atom. The number of carbonyl (C=O) groups is 2. The minimum absolute atomic E-state index is 0.0120. The third kappa shape index (κ3) is 5.34. The van der Waals surface area contributed by atoms with Gasteiger partial charge in [0.15, 0.2) is 0 Å². The lowest BCUT2D eigenvalue weighted by molar-refractivity contribution is -0.179. The van der Waals surface area contributed by atoms with E-state index in [2.05, 4.69) is 97.8 Å². The van der Waals surface area contributed by atoms with Crippen molar-refractivity contribution in [2.45, 2.75) is 146 Å². The molecule has 0 aromatic heterocycles. The summed E-state index contributed by atoms with van der Waals surface area (Å²) in [4.78, 5) is 32.0. The van der Waals surface area contributed by atoms with Crippen LogP contribution in [0.1, 0.15) is 150 Å². The number of hydrogen-bond acceptors (Lipinski definition) is 4. The number of benzene rings is 1. The highest BCUT2D eigenvalue weighted by atomic mass is 16.7. The fourth-order valence-electron chi connectivity index (χ4n) is 12.3. The molecule has 0 heterocycles. The highest BCUT2D eigenvalue weighted by molar-refractivity contribution is 5.91. The van der Waals surface area contributed by atoms with Crippen molar-refractivity contribution in [2.75, 3.05) is 0 Å². The normalized spacial score (nSPS) is 39.7. The smallest absolute Gasteiger partial charge is 0.342 e. The van der Waals surface area contributed by atoms with E-state index in [-0.39, 0.29) is 44.9 Å². The molecule has 6 rings (SSSR count). The van der Waals surface area contributed by atoms with Crippen LogP contribution in [0.2, 0.25) is 0 Å². The predicted molar refractivity (Wildman–Crippen MR) is 194 cm³/mol. The van der Waals surface area contributed by atoms with Gasteiger partial charge in [-0.1, -0.05) is 103 Å². The first-order chi connectivity index (χ1) is 22.3. The maximum Gasteiger partial charge on any atom is 0.342 e. The van der Waals surface area contributed by atoms with Crippen molar-refractivity contribution < 1.29 is 19.5 Å². The maximum atomic E-state index is 13.2. The summed E-state index contributed by atoms with van der Waals surface area (Å²) >= 11 is 0. The summed E-state index contributed by atoms with van der Waals surface area (Å²) < 4.78 is 0. The summed E-state index contributed by atoms with van der Waals surface area (Å²) in [5, 5.41) is 15.3. The Hall–Kier alpha value is -2.43. The van der Waals surface area contributed by atoms with Gasteiger partial charge in [-0.15, -0.1) is 0 Å². The van der Waals surface area contributed by atoms with Crippen molar-refractivity contribution in [1.82, 2.24) is 0 Å². The van der Waals surface area contributed by atoms with Crippen molar-refractivity contribution in [3.05, 3.63) is 47.0 Å². The van der Waals surface area contributed by atoms with Crippen LogP contribution >= 0.6 is 0 Å². The van der Waals surface area contributed by atoms with Crippen molar-refractivity contribution in [3.63, 3.8) is 0 Å². The van der Waals surface area contributed by atoms with E-state index in [1.54, 1.807) is 0 Å². The summed E-state index contributed by atoms with van der Waals surface area (Å²) in [6.07, 6.45) is 13.3. The van der Waals surface area contributed by atoms with Crippen LogP contribution in [0.4, 0.5) is 0 Å². The minimum Gasteiger partial charge on any atom is -0.481 e. The molecule has 5 aliphatic rings. The van der Waals surface area contributed by atoms with Gasteiger partial charge in [-0.3, -0.25) is 4.79 Å². The molecule has 264 valence electrons. The summed E-state index contributed by atoms with van der Waals surface area (Å²) in [5.41, 5.74) is 4.41. The Kier molecular flexibility index (Phi) is 8.72. The molecule has 4 fully saturated rings. The van der Waals surface area contributed by atoms with Gasteiger partial charge in [-0.25, -0.2) is 4.79 Å². The highest BCUT2D eigenvalue weighted by Crippen LogP contribution is 2.75. The molecule has 0 spiro atoms. The van der Waals surface area contributed by atoms with Gasteiger partial charge in [0.05, 0.1) is 17.0 Å². The monoisotopic (exact) mass is 657 g/mol. The fraction of sp³-hybridized carbons (Fsp3) is 0.744. The van der Waals surface area contributed by atoms with E-state index in [4.69, 9.17) is 4.84 Å². The molecular weight excluding hydrogens is 594 g/mol. The van der Waals surface area contributed by atoms with Crippen LogP contribution in [0, 0.1) is 56.2 Å². The van der Waals surface area contributed by atoms with Crippen LogP contribution in [0.3, 0.4) is 0 Å². The van der Waals surface area contributed by atoms with Crippen molar-refractivity contribution in [1.29, 1.82) is 0 Å². The van der Waals surface area contributed by atoms with Crippen LogP contribution in [0.25, 0.3) is 0 Å². The average molecular weight is 658 g/mol. The second-order valence-electron chi connectivity index (χ2n) is 19.4. The number of carboxylic acids is 1. The molecule has 0 bridgehead atoms. The standard InChI is InChI=1S/C43H63NO4/c1-27(2)25-29-11-13-30(14-12-29)28(3)36(45)48-44-35-18-19-40(8)33(39(35,6)7)17-20-42(10)34(40)16-15-31-32-26-38(4,5)21-23-43(32,37(46)47)24-22-41(31,42)9/h11-15,27-28,32-34H,16-26H2,1-10H3,(H,46,47)/b44-35+/t28?,32-,33-,34+,40-,41+,42+,43-/m0/s1. The lowest BCUT2D eigenvalue weighted by atomic mass is 9.33. The van der Waals surface area contributed by atoms with Gasteiger partial charge in [0.25, 0.3) is 0 Å². The Morgan fingerprint density at radius 3 is 2.21 bits per heavy atom. The first kappa shape index (κ1) is 35.4. The first-order valence-corrected chi connectivity index (χ1v) is 19.1. The molecular formula is C43H63NO4. The number of nitrogens with zero attached hydrogens (tertiary/aromatic N) is 1.